The molecule has 0 rings (SSSR count). The van der Waals surface area contributed by atoms with Crippen molar-refractivity contribution < 1.29 is 0 Å². The summed E-state index contributed by atoms with van der Waals surface area (Å²) in [5, 5.41) is 0. The Morgan fingerprint density at radius 2 is 1.78 bits per heavy atom. The summed E-state index contributed by atoms with van der Waals surface area (Å²) >= 11 is 0. The Balaban J connectivity index is 4.00. The van der Waals surface area contributed by atoms with Gasteiger partial charge in [0.1, 0.15) is 0 Å². The van der Waals surface area contributed by atoms with Crippen LogP contribution < -0.4 is 0 Å². The van der Waals surface area contributed by atoms with E-state index < -0.39 is 0 Å². The molecule has 0 N–H and O–H groups in total. The van der Waals surface area contributed by atoms with Crippen LogP contribution in [0.4, 0.5) is 0 Å². The van der Waals surface area contributed by atoms with Crippen LogP contribution in [-0.2, 0) is 0 Å². The van der Waals surface area contributed by atoms with E-state index in [1.807, 2.05) is 6.92 Å². The minimum Gasteiger partial charge on any atom is -0.0959 e. The fraction of sp³-hybridized carbons (Fsp3) is 0.556. The molecule has 0 nitrogen and oxygen atoms in total. The summed E-state index contributed by atoms with van der Waals surface area (Å²) in [6, 6.07) is 0. The van der Waals surface area contributed by atoms with Gasteiger partial charge >= 0.3 is 0 Å². The van der Waals surface area contributed by atoms with E-state index in [4.69, 9.17) is 0 Å². The molecule has 0 aromatic rings. The van der Waals surface area contributed by atoms with E-state index >= 15 is 0 Å². The van der Waals surface area contributed by atoms with Crippen molar-refractivity contribution in [3.8, 4) is 0 Å². The van der Waals surface area contributed by atoms with Crippen LogP contribution in [0.1, 0.15) is 27.7 Å². The first-order chi connectivity index (χ1) is 4.04. The zero-order valence-corrected chi connectivity index (χ0v) is 6.86. The Labute approximate surface area is 58.3 Å². The first kappa shape index (κ1) is 8.48. The van der Waals surface area contributed by atoms with Crippen LogP contribution in [0.25, 0.3) is 0 Å². The van der Waals surface area contributed by atoms with Gasteiger partial charge in [0.05, 0.1) is 0 Å². The summed E-state index contributed by atoms with van der Waals surface area (Å²) in [4.78, 5) is 0. The molecule has 52 valence electrons. The van der Waals surface area contributed by atoms with Gasteiger partial charge < -0.3 is 0 Å². The van der Waals surface area contributed by atoms with Crippen LogP contribution in [0, 0.1) is 5.92 Å². The molecule has 0 saturated heterocycles. The van der Waals surface area contributed by atoms with Gasteiger partial charge in [-0.3, -0.25) is 0 Å². The van der Waals surface area contributed by atoms with Crippen LogP contribution >= 0.6 is 0 Å². The highest BCUT2D eigenvalue weighted by Crippen LogP contribution is 2.08. The van der Waals surface area contributed by atoms with Crippen molar-refractivity contribution in [2.45, 2.75) is 27.7 Å². The van der Waals surface area contributed by atoms with Crippen molar-refractivity contribution >= 4 is 0 Å². The zero-order valence-electron chi connectivity index (χ0n) is 6.86. The molecule has 0 heteroatoms. The van der Waals surface area contributed by atoms with Gasteiger partial charge in [-0.05, 0) is 19.8 Å². The molecule has 0 aromatic carbocycles. The van der Waals surface area contributed by atoms with E-state index in [9.17, 15) is 0 Å². The van der Waals surface area contributed by atoms with Crippen molar-refractivity contribution in [1.82, 2.24) is 0 Å². The molecule has 0 fully saturated rings. The molecule has 0 spiro atoms. The third-order valence-corrected chi connectivity index (χ3v) is 1.26. The van der Waals surface area contributed by atoms with E-state index in [1.54, 1.807) is 0 Å². The smallest absolute Gasteiger partial charge is 0.0285 e. The summed E-state index contributed by atoms with van der Waals surface area (Å²) < 4.78 is 0. The maximum Gasteiger partial charge on any atom is -0.0285 e. The third-order valence-electron chi connectivity index (χ3n) is 1.26. The molecule has 0 aliphatic carbocycles. The molecule has 0 aliphatic rings. The lowest BCUT2D eigenvalue weighted by molar-refractivity contribution is 0.823. The van der Waals surface area contributed by atoms with Gasteiger partial charge in [-0.15, -0.1) is 0 Å². The third kappa shape index (κ3) is 4.01. The Hall–Kier alpha value is -0.520. The molecule has 0 atom stereocenters. The number of allylic oxidation sites excluding steroid dienone is 3. The molecule has 0 radical (unpaired) electrons. The lowest BCUT2D eigenvalue weighted by Crippen LogP contribution is -1.83. The number of hydrogen-bond donors (Lipinski definition) is 0. The summed E-state index contributed by atoms with van der Waals surface area (Å²) in [5.41, 5.74) is 2.48. The van der Waals surface area contributed by atoms with Crippen molar-refractivity contribution in [3.63, 3.8) is 0 Å². The first-order valence-electron chi connectivity index (χ1n) is 3.38. The van der Waals surface area contributed by atoms with E-state index in [0.717, 1.165) is 0 Å². The summed E-state index contributed by atoms with van der Waals surface area (Å²) in [7, 11) is 0. The Morgan fingerprint density at radius 1 is 1.33 bits per heavy atom. The van der Waals surface area contributed by atoms with Gasteiger partial charge in [-0.1, -0.05) is 37.6 Å². The highest BCUT2D eigenvalue weighted by Gasteiger charge is 1.90. The molecule has 9 heavy (non-hydrogen) atoms. The van der Waals surface area contributed by atoms with E-state index in [2.05, 4.69) is 33.4 Å². The zero-order chi connectivity index (χ0) is 7.44. The standard InChI is InChI=1S/C9H16/c1-7(2)6-9(5)8(3)4/h6-7H,3H2,1-2,4-5H3/b9-6+. The first-order valence-corrected chi connectivity index (χ1v) is 3.38. The van der Waals surface area contributed by atoms with Crippen molar-refractivity contribution in [3.05, 3.63) is 23.8 Å². The highest BCUT2D eigenvalue weighted by atomic mass is 14.0. The second-order valence-electron chi connectivity index (χ2n) is 2.87. The van der Waals surface area contributed by atoms with Gasteiger partial charge in [0.15, 0.2) is 0 Å². The Morgan fingerprint density at radius 3 is 1.89 bits per heavy atom. The highest BCUT2D eigenvalue weighted by molar-refractivity contribution is 5.23. The van der Waals surface area contributed by atoms with Gasteiger partial charge in [0.25, 0.3) is 0 Å². The monoisotopic (exact) mass is 124 g/mol. The minimum atomic E-state index is 0.640. The van der Waals surface area contributed by atoms with Gasteiger partial charge in [-0.2, -0.15) is 0 Å². The maximum absolute atomic E-state index is 3.84. The average Bonchev–Trinajstić information content (AvgIpc) is 1.63. The van der Waals surface area contributed by atoms with Crippen molar-refractivity contribution in [2.24, 2.45) is 5.92 Å². The second-order valence-corrected chi connectivity index (χ2v) is 2.87. The number of rotatable bonds is 2. The summed E-state index contributed by atoms with van der Waals surface area (Å²) in [6.45, 7) is 12.3. The topological polar surface area (TPSA) is 0 Å². The normalized spacial score (nSPS) is 12.3. The van der Waals surface area contributed by atoms with Crippen molar-refractivity contribution in [2.75, 3.05) is 0 Å². The molecule has 0 heterocycles. The van der Waals surface area contributed by atoms with Gasteiger partial charge in [0.2, 0.25) is 0 Å². The Kier molecular flexibility index (Phi) is 3.29. The predicted octanol–water partition coefficient (Wildman–Crippen LogP) is 3.16. The molecule has 0 bridgehead atoms. The largest absolute Gasteiger partial charge is 0.0959 e. The quantitative estimate of drug-likeness (QED) is 0.496. The van der Waals surface area contributed by atoms with Crippen LogP contribution in [-0.4, -0.2) is 0 Å². The van der Waals surface area contributed by atoms with E-state index in [0.29, 0.717) is 5.92 Å². The van der Waals surface area contributed by atoms with Gasteiger partial charge in [-0.25, -0.2) is 0 Å². The Bertz CT molecular complexity index is 127. The molecular weight excluding hydrogens is 108 g/mol. The molecule has 0 amide bonds. The second kappa shape index (κ2) is 3.49. The van der Waals surface area contributed by atoms with Gasteiger partial charge in [0, 0.05) is 0 Å². The van der Waals surface area contributed by atoms with Crippen LogP contribution in [0.5, 0.6) is 0 Å². The molecule has 0 aromatic heterocycles. The van der Waals surface area contributed by atoms with Crippen molar-refractivity contribution in [1.29, 1.82) is 0 Å². The SMILES string of the molecule is C=C(C)/C(C)=C/C(C)C. The van der Waals surface area contributed by atoms with E-state index in [1.165, 1.54) is 11.1 Å². The van der Waals surface area contributed by atoms with Crippen LogP contribution in [0.2, 0.25) is 0 Å². The summed E-state index contributed by atoms with van der Waals surface area (Å²) in [5.74, 6) is 0.640. The predicted molar refractivity (Wildman–Crippen MR) is 43.4 cm³/mol. The van der Waals surface area contributed by atoms with Crippen LogP contribution in [0.15, 0.2) is 23.8 Å². The lowest BCUT2D eigenvalue weighted by Gasteiger charge is -2.00. The molecule has 0 aliphatic heterocycles. The molecule has 0 saturated carbocycles. The molecular formula is C9H16. The van der Waals surface area contributed by atoms with E-state index in [-0.39, 0.29) is 0 Å². The fourth-order valence-corrected chi connectivity index (χ4v) is 0.642. The minimum absolute atomic E-state index is 0.640. The number of hydrogen-bond acceptors (Lipinski definition) is 0. The molecule has 0 unspecified atom stereocenters. The average molecular weight is 124 g/mol. The summed E-state index contributed by atoms with van der Waals surface area (Å²) in [6.07, 6.45) is 2.22. The fourth-order valence-electron chi connectivity index (χ4n) is 0.642. The van der Waals surface area contributed by atoms with Crippen LogP contribution in [0.3, 0.4) is 0 Å². The lowest BCUT2D eigenvalue weighted by atomic mass is 10.1. The maximum atomic E-state index is 3.84.